The zero-order valence-electron chi connectivity index (χ0n) is 15.8. The molecule has 0 bridgehead atoms. The van der Waals surface area contributed by atoms with Gasteiger partial charge in [-0.2, -0.15) is 4.57 Å². The van der Waals surface area contributed by atoms with Crippen LogP contribution in [0.15, 0.2) is 91.1 Å². The van der Waals surface area contributed by atoms with Crippen LogP contribution in [0.2, 0.25) is 0 Å². The summed E-state index contributed by atoms with van der Waals surface area (Å²) in [7, 11) is 2.08. The Morgan fingerprint density at radius 1 is 0.852 bits per heavy atom. The molecular weight excluding hydrogens is 330 g/mol. The van der Waals surface area contributed by atoms with E-state index in [2.05, 4.69) is 119 Å². The van der Waals surface area contributed by atoms with Crippen LogP contribution in [0.4, 0.5) is 5.69 Å². The molecule has 0 aliphatic carbocycles. The number of hydrogen-bond acceptors (Lipinski definition) is 1. The monoisotopic (exact) mass is 354 g/mol. The molecule has 4 aromatic rings. The molecule has 0 aliphatic rings. The van der Waals surface area contributed by atoms with E-state index >= 15 is 0 Å². The predicted molar refractivity (Wildman–Crippen MR) is 113 cm³/mol. The third-order valence-corrected chi connectivity index (χ3v) is 4.86. The molecule has 0 fully saturated rings. The van der Waals surface area contributed by atoms with Gasteiger partial charge in [0.1, 0.15) is 5.69 Å². The first-order valence-corrected chi connectivity index (χ1v) is 9.34. The lowest BCUT2D eigenvalue weighted by molar-refractivity contribution is -0.670. The van der Waals surface area contributed by atoms with Gasteiger partial charge in [0.2, 0.25) is 0 Å². The van der Waals surface area contributed by atoms with E-state index in [1.807, 2.05) is 6.07 Å². The van der Waals surface area contributed by atoms with Crippen LogP contribution >= 0.6 is 0 Å². The van der Waals surface area contributed by atoms with Crippen LogP contribution in [0.1, 0.15) is 12.7 Å². The molecule has 3 aromatic carbocycles. The summed E-state index contributed by atoms with van der Waals surface area (Å²) in [5, 5.41) is 0. The Morgan fingerprint density at radius 2 is 1.48 bits per heavy atom. The highest BCUT2D eigenvalue weighted by atomic mass is 15.2. The van der Waals surface area contributed by atoms with Gasteiger partial charge in [-0.3, -0.25) is 0 Å². The zero-order chi connectivity index (χ0) is 18.6. The summed E-state index contributed by atoms with van der Waals surface area (Å²) in [6, 6.07) is 29.5. The molecule has 0 atom stereocenters. The lowest BCUT2D eigenvalue weighted by Crippen LogP contribution is -2.35. The van der Waals surface area contributed by atoms with Crippen molar-refractivity contribution in [2.24, 2.45) is 0 Å². The van der Waals surface area contributed by atoms with Gasteiger partial charge in [-0.15, -0.1) is 0 Å². The minimum atomic E-state index is 0.912. The van der Waals surface area contributed by atoms with E-state index in [0.29, 0.717) is 0 Å². The van der Waals surface area contributed by atoms with Crippen molar-refractivity contribution in [2.75, 3.05) is 11.9 Å². The molecule has 0 spiro atoms. The molecule has 0 N–H and O–H groups in total. The maximum absolute atomic E-state index is 2.36. The van der Waals surface area contributed by atoms with E-state index in [-0.39, 0.29) is 0 Å². The minimum absolute atomic E-state index is 0.912. The Balaban J connectivity index is 1.87. The second-order valence-corrected chi connectivity index (χ2v) is 6.52. The maximum atomic E-state index is 2.36. The average Bonchev–Trinajstić information content (AvgIpc) is 3.06. The second kappa shape index (κ2) is 7.50. The molecule has 134 valence electrons. The van der Waals surface area contributed by atoms with Gasteiger partial charge in [0, 0.05) is 25.0 Å². The molecule has 1 heterocycles. The van der Waals surface area contributed by atoms with E-state index in [4.69, 9.17) is 0 Å². The van der Waals surface area contributed by atoms with Crippen molar-refractivity contribution in [3.63, 3.8) is 0 Å². The van der Waals surface area contributed by atoms with Crippen LogP contribution < -0.4 is 9.47 Å². The average molecular weight is 354 g/mol. The van der Waals surface area contributed by atoms with Crippen molar-refractivity contribution in [2.45, 2.75) is 13.5 Å². The van der Waals surface area contributed by atoms with Gasteiger partial charge in [0.05, 0.1) is 6.54 Å². The quantitative estimate of drug-likeness (QED) is 0.457. The SMILES string of the molecule is CC[n+]1c(/C=C/N(C)c2ccccc2)n(-c2ccccc2)c2ccccc21. The lowest BCUT2D eigenvalue weighted by Gasteiger charge is -2.13. The number of anilines is 1. The Morgan fingerprint density at radius 3 is 2.19 bits per heavy atom. The molecule has 27 heavy (non-hydrogen) atoms. The molecule has 4 rings (SSSR count). The molecule has 3 nitrogen and oxygen atoms in total. The Hall–Kier alpha value is -3.33. The van der Waals surface area contributed by atoms with E-state index in [1.165, 1.54) is 22.4 Å². The van der Waals surface area contributed by atoms with Crippen LogP contribution in [0.5, 0.6) is 0 Å². The number of benzene rings is 3. The fourth-order valence-corrected chi connectivity index (χ4v) is 3.52. The number of rotatable bonds is 5. The van der Waals surface area contributed by atoms with Crippen LogP contribution in [0, 0.1) is 0 Å². The molecule has 3 heteroatoms. The number of hydrogen-bond donors (Lipinski definition) is 0. The number of imidazole rings is 1. The Bertz CT molecular complexity index is 1060. The highest BCUT2D eigenvalue weighted by Gasteiger charge is 2.23. The summed E-state index contributed by atoms with van der Waals surface area (Å²) < 4.78 is 4.69. The molecule has 1 aromatic heterocycles. The van der Waals surface area contributed by atoms with Gasteiger partial charge in [-0.25, -0.2) is 4.57 Å². The van der Waals surface area contributed by atoms with Crippen molar-refractivity contribution < 1.29 is 4.57 Å². The highest BCUT2D eigenvalue weighted by molar-refractivity contribution is 5.76. The van der Waals surface area contributed by atoms with Gasteiger partial charge in [-0.1, -0.05) is 48.5 Å². The molecule has 0 aliphatic heterocycles. The molecular formula is C24H24N3+. The summed E-state index contributed by atoms with van der Waals surface area (Å²) in [5.74, 6) is 1.16. The minimum Gasteiger partial charge on any atom is -0.351 e. The summed E-state index contributed by atoms with van der Waals surface area (Å²) >= 11 is 0. The van der Waals surface area contributed by atoms with Crippen LogP contribution in [-0.2, 0) is 6.54 Å². The zero-order valence-corrected chi connectivity index (χ0v) is 15.8. The second-order valence-electron chi connectivity index (χ2n) is 6.52. The summed E-state index contributed by atoms with van der Waals surface area (Å²) in [5.41, 5.74) is 4.79. The first-order chi connectivity index (χ1) is 13.3. The number of aromatic nitrogens is 2. The first-order valence-electron chi connectivity index (χ1n) is 9.34. The predicted octanol–water partition coefficient (Wildman–Crippen LogP) is 5.05. The van der Waals surface area contributed by atoms with Crippen LogP contribution in [-0.4, -0.2) is 11.6 Å². The number of nitrogens with zero attached hydrogens (tertiary/aromatic N) is 3. The summed E-state index contributed by atoms with van der Waals surface area (Å²) in [6.07, 6.45) is 4.33. The largest absolute Gasteiger partial charge is 0.351 e. The number of fused-ring (bicyclic) bond motifs is 1. The third kappa shape index (κ3) is 3.24. The van der Waals surface area contributed by atoms with E-state index in [9.17, 15) is 0 Å². The fourth-order valence-electron chi connectivity index (χ4n) is 3.52. The van der Waals surface area contributed by atoms with E-state index in [0.717, 1.165) is 12.4 Å². The molecule has 0 saturated carbocycles. The van der Waals surface area contributed by atoms with Crippen molar-refractivity contribution in [1.82, 2.24) is 4.57 Å². The van der Waals surface area contributed by atoms with Gasteiger partial charge in [0.25, 0.3) is 5.82 Å². The van der Waals surface area contributed by atoms with Crippen LogP contribution in [0.3, 0.4) is 0 Å². The Labute approximate surface area is 160 Å². The molecule has 0 unspecified atom stereocenters. The van der Waals surface area contributed by atoms with Gasteiger partial charge in [0.15, 0.2) is 11.0 Å². The fraction of sp³-hybridized carbons (Fsp3) is 0.125. The smallest absolute Gasteiger partial charge is 0.289 e. The van der Waals surface area contributed by atoms with Crippen molar-refractivity contribution >= 4 is 22.8 Å². The summed E-state index contributed by atoms with van der Waals surface area (Å²) in [6.45, 7) is 3.11. The standard InChI is InChI=1S/C24H24N3/c1-3-26-22-16-10-11-17-23(22)27(21-14-8-5-9-15-21)24(26)18-19-25(2)20-12-6-4-7-13-20/h4-19H,3H2,1-2H3/q+1. The van der Waals surface area contributed by atoms with Crippen molar-refractivity contribution in [3.05, 3.63) is 97.0 Å². The van der Waals surface area contributed by atoms with Gasteiger partial charge < -0.3 is 4.90 Å². The third-order valence-electron chi connectivity index (χ3n) is 4.86. The molecule has 0 saturated heterocycles. The Kier molecular flexibility index (Phi) is 4.75. The highest BCUT2D eigenvalue weighted by Crippen LogP contribution is 2.22. The first kappa shape index (κ1) is 17.1. The van der Waals surface area contributed by atoms with E-state index in [1.54, 1.807) is 0 Å². The van der Waals surface area contributed by atoms with E-state index < -0.39 is 0 Å². The topological polar surface area (TPSA) is 12.1 Å². The van der Waals surface area contributed by atoms with Crippen molar-refractivity contribution in [1.29, 1.82) is 0 Å². The van der Waals surface area contributed by atoms with Crippen LogP contribution in [0.25, 0.3) is 22.8 Å². The summed E-state index contributed by atoms with van der Waals surface area (Å²) in [4.78, 5) is 2.15. The molecule has 0 radical (unpaired) electrons. The van der Waals surface area contributed by atoms with Crippen molar-refractivity contribution in [3.8, 4) is 5.69 Å². The lowest BCUT2D eigenvalue weighted by atomic mass is 10.2. The normalized spacial score (nSPS) is 11.3. The molecule has 0 amide bonds. The number of aryl methyl sites for hydroxylation is 1. The maximum Gasteiger partial charge on any atom is 0.289 e. The number of para-hydroxylation sites is 4. The van der Waals surface area contributed by atoms with Gasteiger partial charge in [-0.05, 0) is 43.3 Å². The van der Waals surface area contributed by atoms with Gasteiger partial charge >= 0.3 is 0 Å².